The summed E-state index contributed by atoms with van der Waals surface area (Å²) < 4.78 is 18.8. The van der Waals surface area contributed by atoms with E-state index in [2.05, 4.69) is 15.3 Å². The molecule has 1 heterocycles. The highest BCUT2D eigenvalue weighted by Crippen LogP contribution is 2.23. The number of hydrogen-bond acceptors (Lipinski definition) is 5. The predicted octanol–water partition coefficient (Wildman–Crippen LogP) is 2.52. The van der Waals surface area contributed by atoms with Gasteiger partial charge in [0.25, 0.3) is 5.88 Å². The van der Waals surface area contributed by atoms with Gasteiger partial charge in [0.05, 0.1) is 18.7 Å². The molecule has 0 aliphatic carbocycles. The molecule has 0 amide bonds. The second-order valence-corrected chi connectivity index (χ2v) is 3.68. The van der Waals surface area contributed by atoms with Gasteiger partial charge in [0.15, 0.2) is 0 Å². The number of hydrogen-bond donors (Lipinski definition) is 1. The fraction of sp³-hybridized carbons (Fsp3) is 0.154. The molecule has 0 aliphatic heterocycles. The molecule has 0 saturated carbocycles. The van der Waals surface area contributed by atoms with Gasteiger partial charge >= 0.3 is 0 Å². The maximum Gasteiger partial charge on any atom is 0.260 e. The van der Waals surface area contributed by atoms with Crippen LogP contribution < -0.4 is 10.1 Å². The first-order chi connectivity index (χ1) is 9.22. The number of rotatable bonds is 4. The number of nitriles is 1. The molecule has 0 saturated heterocycles. The molecule has 5 nitrogen and oxygen atoms in total. The van der Waals surface area contributed by atoms with Gasteiger partial charge in [-0.25, -0.2) is 4.98 Å². The second kappa shape index (κ2) is 5.78. The van der Waals surface area contributed by atoms with E-state index in [1.165, 1.54) is 0 Å². The summed E-state index contributed by atoms with van der Waals surface area (Å²) in [5.74, 6) is -0.0636. The lowest BCUT2D eigenvalue weighted by molar-refractivity contribution is 0.420. The van der Waals surface area contributed by atoms with Gasteiger partial charge in [-0.3, -0.25) is 0 Å². The van der Waals surface area contributed by atoms with Crippen LogP contribution in [0.25, 0.3) is 0 Å². The van der Waals surface area contributed by atoms with Crippen LogP contribution in [-0.2, 0) is 6.42 Å². The number of halogens is 1. The largest absolute Gasteiger partial charge is 0.436 e. The molecule has 1 N–H and O–H groups in total. The van der Waals surface area contributed by atoms with Crippen LogP contribution in [0.4, 0.5) is 10.3 Å². The van der Waals surface area contributed by atoms with Crippen molar-refractivity contribution in [2.24, 2.45) is 0 Å². The van der Waals surface area contributed by atoms with Crippen molar-refractivity contribution in [3.63, 3.8) is 0 Å². The molecule has 0 radical (unpaired) electrons. The number of benzene rings is 1. The van der Waals surface area contributed by atoms with E-state index < -0.39 is 5.82 Å². The summed E-state index contributed by atoms with van der Waals surface area (Å²) in [7, 11) is 1.63. The molecule has 96 valence electrons. The minimum atomic E-state index is -0.639. The summed E-state index contributed by atoms with van der Waals surface area (Å²) in [6.45, 7) is 0. The van der Waals surface area contributed by atoms with Crippen molar-refractivity contribution < 1.29 is 9.13 Å². The SMILES string of the molecule is CNc1ncc(F)c(Oc2ccc(CC#N)cc2)n1. The van der Waals surface area contributed by atoms with Crippen LogP contribution in [0.2, 0.25) is 0 Å². The highest BCUT2D eigenvalue weighted by atomic mass is 19.1. The molecule has 0 bridgehead atoms. The number of anilines is 1. The smallest absolute Gasteiger partial charge is 0.260 e. The van der Waals surface area contributed by atoms with Crippen LogP contribution in [0.15, 0.2) is 30.5 Å². The first kappa shape index (κ1) is 12.8. The Hall–Kier alpha value is -2.68. The topological polar surface area (TPSA) is 70.8 Å². The van der Waals surface area contributed by atoms with Crippen molar-refractivity contribution in [3.8, 4) is 17.7 Å². The van der Waals surface area contributed by atoms with Crippen molar-refractivity contribution in [3.05, 3.63) is 41.8 Å². The normalized spacial score (nSPS) is 9.74. The molecule has 19 heavy (non-hydrogen) atoms. The summed E-state index contributed by atoms with van der Waals surface area (Å²) in [4.78, 5) is 7.60. The minimum Gasteiger partial charge on any atom is -0.436 e. The summed E-state index contributed by atoms with van der Waals surface area (Å²) >= 11 is 0. The first-order valence-electron chi connectivity index (χ1n) is 5.57. The number of aromatic nitrogens is 2. The molecular weight excluding hydrogens is 247 g/mol. The third kappa shape index (κ3) is 3.16. The molecule has 0 fully saturated rings. The van der Waals surface area contributed by atoms with Gasteiger partial charge < -0.3 is 10.1 Å². The standard InChI is InChI=1S/C13H11FN4O/c1-16-13-17-8-11(14)12(18-13)19-10-4-2-9(3-5-10)6-7-15/h2-5,8H,6H2,1H3,(H,16,17,18). The van der Waals surface area contributed by atoms with E-state index in [1.54, 1.807) is 31.3 Å². The Kier molecular flexibility index (Phi) is 3.88. The lowest BCUT2D eigenvalue weighted by Crippen LogP contribution is -2.00. The molecular formula is C13H11FN4O. The van der Waals surface area contributed by atoms with Gasteiger partial charge in [0, 0.05) is 7.05 Å². The Morgan fingerprint density at radius 3 is 2.74 bits per heavy atom. The fourth-order valence-electron chi connectivity index (χ4n) is 1.42. The number of nitrogens with one attached hydrogen (secondary N) is 1. The monoisotopic (exact) mass is 258 g/mol. The third-order valence-corrected chi connectivity index (χ3v) is 2.36. The summed E-state index contributed by atoms with van der Waals surface area (Å²) in [6.07, 6.45) is 1.37. The van der Waals surface area contributed by atoms with Gasteiger partial charge in [-0.15, -0.1) is 0 Å². The maximum absolute atomic E-state index is 13.5. The predicted molar refractivity (Wildman–Crippen MR) is 67.4 cm³/mol. The maximum atomic E-state index is 13.5. The van der Waals surface area contributed by atoms with Crippen LogP contribution >= 0.6 is 0 Å². The van der Waals surface area contributed by atoms with E-state index in [-0.39, 0.29) is 11.8 Å². The zero-order chi connectivity index (χ0) is 13.7. The Morgan fingerprint density at radius 2 is 2.11 bits per heavy atom. The van der Waals surface area contributed by atoms with E-state index in [4.69, 9.17) is 10.00 Å². The van der Waals surface area contributed by atoms with Gasteiger partial charge in [0.2, 0.25) is 11.8 Å². The van der Waals surface area contributed by atoms with Gasteiger partial charge in [-0.05, 0) is 17.7 Å². The molecule has 1 aromatic heterocycles. The van der Waals surface area contributed by atoms with E-state index in [0.29, 0.717) is 12.2 Å². The van der Waals surface area contributed by atoms with Crippen molar-refractivity contribution in [1.82, 2.24) is 9.97 Å². The van der Waals surface area contributed by atoms with E-state index in [0.717, 1.165) is 11.8 Å². The summed E-state index contributed by atoms with van der Waals surface area (Å²) in [5, 5.41) is 11.3. The molecule has 6 heteroatoms. The summed E-state index contributed by atoms with van der Waals surface area (Å²) in [5.41, 5.74) is 0.869. The zero-order valence-electron chi connectivity index (χ0n) is 10.2. The molecule has 2 rings (SSSR count). The van der Waals surface area contributed by atoms with Crippen molar-refractivity contribution in [2.45, 2.75) is 6.42 Å². The van der Waals surface area contributed by atoms with Crippen LogP contribution in [0.5, 0.6) is 11.6 Å². The van der Waals surface area contributed by atoms with E-state index in [9.17, 15) is 4.39 Å². The number of nitrogens with zero attached hydrogens (tertiary/aromatic N) is 3. The Balaban J connectivity index is 2.19. The van der Waals surface area contributed by atoms with Crippen molar-refractivity contribution >= 4 is 5.95 Å². The molecule has 0 spiro atoms. The Labute approximate surface area is 109 Å². The lowest BCUT2D eigenvalue weighted by atomic mass is 10.2. The minimum absolute atomic E-state index is 0.146. The van der Waals surface area contributed by atoms with Crippen molar-refractivity contribution in [2.75, 3.05) is 12.4 Å². The Morgan fingerprint density at radius 1 is 1.37 bits per heavy atom. The molecule has 0 aliphatic rings. The van der Waals surface area contributed by atoms with Gasteiger partial charge in [0.1, 0.15) is 5.75 Å². The molecule has 1 aromatic carbocycles. The van der Waals surface area contributed by atoms with Crippen LogP contribution in [-0.4, -0.2) is 17.0 Å². The number of ether oxygens (including phenoxy) is 1. The average molecular weight is 258 g/mol. The zero-order valence-corrected chi connectivity index (χ0v) is 10.2. The van der Waals surface area contributed by atoms with Gasteiger partial charge in [-0.1, -0.05) is 12.1 Å². The Bertz CT molecular complexity index is 607. The summed E-state index contributed by atoms with van der Waals surface area (Å²) in [6, 6.07) is 8.86. The average Bonchev–Trinajstić information content (AvgIpc) is 2.44. The van der Waals surface area contributed by atoms with Crippen LogP contribution in [0.1, 0.15) is 5.56 Å². The molecule has 0 unspecified atom stereocenters. The van der Waals surface area contributed by atoms with Gasteiger partial charge in [-0.2, -0.15) is 14.6 Å². The third-order valence-electron chi connectivity index (χ3n) is 2.36. The molecule has 2 aromatic rings. The van der Waals surface area contributed by atoms with Crippen LogP contribution in [0, 0.1) is 17.1 Å². The molecule has 0 atom stereocenters. The highest BCUT2D eigenvalue weighted by Gasteiger charge is 2.08. The van der Waals surface area contributed by atoms with Crippen molar-refractivity contribution in [1.29, 1.82) is 5.26 Å². The second-order valence-electron chi connectivity index (χ2n) is 3.68. The lowest BCUT2D eigenvalue weighted by Gasteiger charge is -2.07. The highest BCUT2D eigenvalue weighted by molar-refractivity contribution is 5.34. The fourth-order valence-corrected chi connectivity index (χ4v) is 1.42. The first-order valence-corrected chi connectivity index (χ1v) is 5.57. The quantitative estimate of drug-likeness (QED) is 0.912. The van der Waals surface area contributed by atoms with E-state index in [1.807, 2.05) is 6.07 Å². The van der Waals surface area contributed by atoms with Crippen LogP contribution in [0.3, 0.4) is 0 Å². The van der Waals surface area contributed by atoms with E-state index >= 15 is 0 Å².